The molecule has 1 rings (SSSR count). The second-order valence-corrected chi connectivity index (χ2v) is 4.87. The number of rotatable bonds is 1. The maximum absolute atomic E-state index is 3.67. The Morgan fingerprint density at radius 1 is 1.10 bits per heavy atom. The molecule has 10 heavy (non-hydrogen) atoms. The van der Waals surface area contributed by atoms with Crippen LogP contribution in [-0.2, 0) is 0 Å². The number of hydrogen-bond acceptors (Lipinski definition) is 0. The minimum absolute atomic E-state index is 0.741. The zero-order chi connectivity index (χ0) is 7.40. The summed E-state index contributed by atoms with van der Waals surface area (Å²) in [5.41, 5.74) is 0. The Morgan fingerprint density at radius 3 is 2.00 bits per heavy atom. The maximum Gasteiger partial charge on any atom is 0.0145 e. The third-order valence-electron chi connectivity index (χ3n) is 2.55. The van der Waals surface area contributed by atoms with Gasteiger partial charge in [0.2, 0.25) is 0 Å². The Hall–Kier alpha value is 0.480. The van der Waals surface area contributed by atoms with Crippen LogP contribution in [0.3, 0.4) is 0 Å². The summed E-state index contributed by atoms with van der Waals surface area (Å²) in [6.07, 6.45) is 8.76. The molecule has 1 fully saturated rings. The summed E-state index contributed by atoms with van der Waals surface area (Å²) in [4.78, 5) is 0.741. The molecule has 1 aliphatic carbocycles. The summed E-state index contributed by atoms with van der Waals surface area (Å²) in [5.74, 6) is 0.961. The maximum atomic E-state index is 3.67. The molecule has 0 aromatic carbocycles. The summed E-state index contributed by atoms with van der Waals surface area (Å²) in [6, 6.07) is 0. The van der Waals surface area contributed by atoms with E-state index in [4.69, 9.17) is 0 Å². The lowest BCUT2D eigenvalue weighted by Gasteiger charge is -2.15. The van der Waals surface area contributed by atoms with Gasteiger partial charge >= 0.3 is 0 Å². The van der Waals surface area contributed by atoms with Crippen LogP contribution in [-0.4, -0.2) is 4.83 Å². The summed E-state index contributed by atoms with van der Waals surface area (Å²) >= 11 is 3.67. The Balaban J connectivity index is 2.28. The Morgan fingerprint density at radius 2 is 1.60 bits per heavy atom. The molecular weight excluding hydrogens is 188 g/mol. The van der Waals surface area contributed by atoms with Crippen LogP contribution >= 0.6 is 15.9 Å². The van der Waals surface area contributed by atoms with E-state index in [0.717, 1.165) is 10.7 Å². The number of alkyl halides is 1. The van der Waals surface area contributed by atoms with Gasteiger partial charge in [-0.15, -0.1) is 0 Å². The van der Waals surface area contributed by atoms with Crippen LogP contribution in [0, 0.1) is 5.92 Å². The zero-order valence-electron chi connectivity index (χ0n) is 6.78. The minimum atomic E-state index is 0.741. The minimum Gasteiger partial charge on any atom is -0.0891 e. The van der Waals surface area contributed by atoms with Gasteiger partial charge in [-0.05, 0) is 18.8 Å². The standard InChI is InChI=1S/C9H17Br/c1-8(10)9-6-4-2-3-5-7-9/h8-9H,2-7H2,1H3. The highest BCUT2D eigenvalue weighted by Crippen LogP contribution is 2.28. The fraction of sp³-hybridized carbons (Fsp3) is 1.00. The number of halogens is 1. The van der Waals surface area contributed by atoms with Gasteiger partial charge < -0.3 is 0 Å². The van der Waals surface area contributed by atoms with Gasteiger partial charge in [-0.1, -0.05) is 48.5 Å². The summed E-state index contributed by atoms with van der Waals surface area (Å²) in [5, 5.41) is 0. The molecular formula is C9H17Br. The van der Waals surface area contributed by atoms with Crippen molar-refractivity contribution < 1.29 is 0 Å². The van der Waals surface area contributed by atoms with Crippen molar-refractivity contribution in [1.29, 1.82) is 0 Å². The molecule has 0 N–H and O–H groups in total. The van der Waals surface area contributed by atoms with Crippen molar-refractivity contribution in [2.45, 2.75) is 50.3 Å². The predicted molar refractivity (Wildman–Crippen MR) is 49.6 cm³/mol. The van der Waals surface area contributed by atoms with Gasteiger partial charge in [0.15, 0.2) is 0 Å². The lowest BCUT2D eigenvalue weighted by atomic mass is 9.98. The van der Waals surface area contributed by atoms with E-state index in [0.29, 0.717) is 0 Å². The van der Waals surface area contributed by atoms with E-state index in [2.05, 4.69) is 22.9 Å². The van der Waals surface area contributed by atoms with E-state index < -0.39 is 0 Å². The van der Waals surface area contributed by atoms with Crippen molar-refractivity contribution >= 4 is 15.9 Å². The van der Waals surface area contributed by atoms with Gasteiger partial charge in [0.1, 0.15) is 0 Å². The molecule has 0 saturated heterocycles. The number of hydrogen-bond donors (Lipinski definition) is 0. The fourth-order valence-electron chi connectivity index (χ4n) is 1.77. The first kappa shape index (κ1) is 8.58. The van der Waals surface area contributed by atoms with Crippen molar-refractivity contribution in [3.63, 3.8) is 0 Å². The van der Waals surface area contributed by atoms with E-state index >= 15 is 0 Å². The van der Waals surface area contributed by atoms with E-state index in [1.54, 1.807) is 0 Å². The molecule has 0 radical (unpaired) electrons. The largest absolute Gasteiger partial charge is 0.0891 e. The van der Waals surface area contributed by atoms with Crippen LogP contribution in [0.5, 0.6) is 0 Å². The SMILES string of the molecule is CC(Br)C1CCCCCC1. The van der Waals surface area contributed by atoms with Gasteiger partial charge in [-0.25, -0.2) is 0 Å². The first-order valence-corrected chi connectivity index (χ1v) is 5.36. The van der Waals surface area contributed by atoms with Crippen molar-refractivity contribution in [3.05, 3.63) is 0 Å². The van der Waals surface area contributed by atoms with Crippen molar-refractivity contribution in [2.75, 3.05) is 0 Å². The highest BCUT2D eigenvalue weighted by atomic mass is 79.9. The molecule has 1 heteroatoms. The smallest absolute Gasteiger partial charge is 0.0145 e. The first-order valence-electron chi connectivity index (χ1n) is 4.45. The first-order chi connectivity index (χ1) is 4.80. The highest BCUT2D eigenvalue weighted by molar-refractivity contribution is 9.09. The Bertz CT molecular complexity index is 80.7. The van der Waals surface area contributed by atoms with Gasteiger partial charge in [0, 0.05) is 4.83 Å². The molecule has 60 valence electrons. The highest BCUT2D eigenvalue weighted by Gasteiger charge is 2.15. The summed E-state index contributed by atoms with van der Waals surface area (Å²) in [6.45, 7) is 2.29. The molecule has 0 bridgehead atoms. The third-order valence-corrected chi connectivity index (χ3v) is 3.30. The Labute approximate surface area is 72.5 Å². The van der Waals surface area contributed by atoms with Crippen LogP contribution in [0.1, 0.15) is 45.4 Å². The van der Waals surface area contributed by atoms with Crippen LogP contribution in [0.2, 0.25) is 0 Å². The predicted octanol–water partition coefficient (Wildman–Crippen LogP) is 3.74. The lowest BCUT2D eigenvalue weighted by Crippen LogP contribution is -2.08. The summed E-state index contributed by atoms with van der Waals surface area (Å²) < 4.78 is 0. The summed E-state index contributed by atoms with van der Waals surface area (Å²) in [7, 11) is 0. The van der Waals surface area contributed by atoms with Gasteiger partial charge in [0.25, 0.3) is 0 Å². The van der Waals surface area contributed by atoms with E-state index in [1.807, 2.05) is 0 Å². The van der Waals surface area contributed by atoms with Gasteiger partial charge in [0.05, 0.1) is 0 Å². The van der Waals surface area contributed by atoms with E-state index in [-0.39, 0.29) is 0 Å². The normalized spacial score (nSPS) is 25.8. The third kappa shape index (κ3) is 2.61. The van der Waals surface area contributed by atoms with E-state index in [9.17, 15) is 0 Å². The molecule has 0 nitrogen and oxygen atoms in total. The quantitative estimate of drug-likeness (QED) is 0.451. The molecule has 0 aromatic rings. The molecule has 0 aliphatic heterocycles. The van der Waals surface area contributed by atoms with Gasteiger partial charge in [-0.3, -0.25) is 0 Å². The average molecular weight is 205 g/mol. The van der Waals surface area contributed by atoms with Crippen molar-refractivity contribution in [3.8, 4) is 0 Å². The molecule has 1 aliphatic rings. The topological polar surface area (TPSA) is 0 Å². The van der Waals surface area contributed by atoms with Crippen LogP contribution < -0.4 is 0 Å². The molecule has 1 atom stereocenters. The molecule has 0 amide bonds. The van der Waals surface area contributed by atoms with Crippen LogP contribution in [0.15, 0.2) is 0 Å². The van der Waals surface area contributed by atoms with E-state index in [1.165, 1.54) is 38.5 Å². The molecule has 1 unspecified atom stereocenters. The van der Waals surface area contributed by atoms with Gasteiger partial charge in [-0.2, -0.15) is 0 Å². The molecule has 0 aromatic heterocycles. The second kappa shape index (κ2) is 4.38. The Kier molecular flexibility index (Phi) is 3.75. The molecule has 1 saturated carbocycles. The zero-order valence-corrected chi connectivity index (χ0v) is 8.36. The monoisotopic (exact) mass is 204 g/mol. The van der Waals surface area contributed by atoms with Crippen LogP contribution in [0.25, 0.3) is 0 Å². The van der Waals surface area contributed by atoms with Crippen molar-refractivity contribution in [2.24, 2.45) is 5.92 Å². The fourth-order valence-corrected chi connectivity index (χ4v) is 2.30. The second-order valence-electron chi connectivity index (χ2n) is 3.43. The average Bonchev–Trinajstić information content (AvgIpc) is 2.12. The van der Waals surface area contributed by atoms with Crippen LogP contribution in [0.4, 0.5) is 0 Å². The lowest BCUT2D eigenvalue weighted by molar-refractivity contribution is 0.462. The van der Waals surface area contributed by atoms with Crippen molar-refractivity contribution in [1.82, 2.24) is 0 Å². The molecule has 0 spiro atoms. The molecule has 0 heterocycles.